The van der Waals surface area contributed by atoms with Crippen molar-refractivity contribution in [1.29, 1.82) is 0 Å². The van der Waals surface area contributed by atoms with E-state index in [4.69, 9.17) is 37.3 Å². The van der Waals surface area contributed by atoms with E-state index in [-0.39, 0.29) is 34.5 Å². The molecule has 5 N–H and O–H groups in total. The van der Waals surface area contributed by atoms with Crippen molar-refractivity contribution < 1.29 is 24.1 Å². The molecule has 0 amide bonds. The SMILES string of the molecule is CN=C(OCCCC(C)Cn1c(N)nc2ccc(C3OCCO3)cc21)/C(=C\N)c1cc(C(=O)O)cc(Cl)n1. The van der Waals surface area contributed by atoms with E-state index in [0.717, 1.165) is 29.4 Å². The third-order valence-electron chi connectivity index (χ3n) is 6.19. The number of imidazole rings is 1. The van der Waals surface area contributed by atoms with Crippen molar-refractivity contribution in [3.8, 4) is 0 Å². The van der Waals surface area contributed by atoms with Crippen LogP contribution in [-0.4, -0.2) is 58.4 Å². The van der Waals surface area contributed by atoms with E-state index in [9.17, 15) is 9.90 Å². The smallest absolute Gasteiger partial charge is 0.335 e. The van der Waals surface area contributed by atoms with Crippen LogP contribution in [0, 0.1) is 5.92 Å². The van der Waals surface area contributed by atoms with Gasteiger partial charge in [-0.25, -0.2) is 14.8 Å². The maximum atomic E-state index is 11.4. The van der Waals surface area contributed by atoms with Gasteiger partial charge in [0.25, 0.3) is 0 Å². The standard InChI is InChI=1S/C26H31ClN6O5/c1-15(14-33-21-11-16(25-37-8-9-38-25)5-6-19(21)32-26(33)29)4-3-7-36-23(30-2)18(13-28)20-10-17(24(34)35)12-22(27)31-20/h5-6,10-13,15,25H,3-4,7-9,14,28H2,1-2H3,(H2,29,32)(H,34,35)/b18-13-,30-23?. The van der Waals surface area contributed by atoms with Crippen molar-refractivity contribution in [1.82, 2.24) is 14.5 Å². The number of pyridine rings is 1. The second kappa shape index (κ2) is 12.2. The van der Waals surface area contributed by atoms with Gasteiger partial charge in [0.2, 0.25) is 11.8 Å². The number of benzene rings is 1. The number of aliphatic imine (C=N–C) groups is 1. The monoisotopic (exact) mass is 542 g/mol. The summed E-state index contributed by atoms with van der Waals surface area (Å²) in [7, 11) is 1.56. The van der Waals surface area contributed by atoms with E-state index >= 15 is 0 Å². The number of nitrogens with zero attached hydrogens (tertiary/aromatic N) is 4. The minimum atomic E-state index is -1.13. The molecule has 0 bridgehead atoms. The normalized spacial score (nSPS) is 15.8. The van der Waals surface area contributed by atoms with Crippen molar-refractivity contribution in [3.05, 3.63) is 58.5 Å². The summed E-state index contributed by atoms with van der Waals surface area (Å²) in [5, 5.41) is 9.35. The Balaban J connectivity index is 1.36. The molecule has 1 saturated heterocycles. The number of rotatable bonds is 10. The molecule has 1 unspecified atom stereocenters. The Morgan fingerprint density at radius 3 is 2.76 bits per heavy atom. The van der Waals surface area contributed by atoms with Crippen molar-refractivity contribution in [2.24, 2.45) is 16.6 Å². The number of hydrogen-bond acceptors (Lipinski definition) is 9. The van der Waals surface area contributed by atoms with Crippen LogP contribution in [0.3, 0.4) is 0 Å². The van der Waals surface area contributed by atoms with E-state index in [2.05, 4.69) is 21.9 Å². The number of nitrogen functional groups attached to an aromatic ring is 1. The fourth-order valence-electron chi connectivity index (χ4n) is 4.34. The highest BCUT2D eigenvalue weighted by Crippen LogP contribution is 2.28. The van der Waals surface area contributed by atoms with E-state index in [1.807, 2.05) is 22.8 Å². The van der Waals surface area contributed by atoms with Crippen LogP contribution in [0.4, 0.5) is 5.95 Å². The summed E-state index contributed by atoms with van der Waals surface area (Å²) >= 11 is 6.00. The quantitative estimate of drug-likeness (QED) is 0.149. The van der Waals surface area contributed by atoms with Gasteiger partial charge in [-0.05, 0) is 43.0 Å². The first-order valence-corrected chi connectivity index (χ1v) is 12.6. The first-order valence-electron chi connectivity index (χ1n) is 12.2. The van der Waals surface area contributed by atoms with Gasteiger partial charge in [-0.3, -0.25) is 4.99 Å². The average molecular weight is 543 g/mol. The molecule has 3 heterocycles. The number of halogens is 1. The molecule has 1 aliphatic rings. The van der Waals surface area contributed by atoms with Crippen LogP contribution >= 0.6 is 11.6 Å². The molecule has 1 atom stereocenters. The zero-order chi connectivity index (χ0) is 27.2. The summed E-state index contributed by atoms with van der Waals surface area (Å²) in [6, 6.07) is 8.55. The number of carbonyl (C=O) groups is 1. The highest BCUT2D eigenvalue weighted by atomic mass is 35.5. The minimum absolute atomic E-state index is 0.00894. The predicted molar refractivity (Wildman–Crippen MR) is 145 cm³/mol. The summed E-state index contributed by atoms with van der Waals surface area (Å²) in [5.41, 5.74) is 15.4. The lowest BCUT2D eigenvalue weighted by Gasteiger charge is -2.16. The Labute approximate surface area is 225 Å². The molecule has 1 aromatic carbocycles. The van der Waals surface area contributed by atoms with Crippen molar-refractivity contribution >= 4 is 46.0 Å². The number of carboxylic acid groups (broad SMARTS) is 1. The summed E-state index contributed by atoms with van der Waals surface area (Å²) in [5.74, 6) is -0.138. The van der Waals surface area contributed by atoms with Gasteiger partial charge in [0, 0.05) is 25.4 Å². The van der Waals surface area contributed by atoms with E-state index in [0.29, 0.717) is 37.9 Å². The maximum Gasteiger partial charge on any atom is 0.335 e. The summed E-state index contributed by atoms with van der Waals surface area (Å²) in [4.78, 5) is 24.2. The zero-order valence-electron chi connectivity index (χ0n) is 21.3. The van der Waals surface area contributed by atoms with Crippen LogP contribution in [-0.2, 0) is 20.8 Å². The Morgan fingerprint density at radius 2 is 2.08 bits per heavy atom. The molecule has 3 aromatic rings. The van der Waals surface area contributed by atoms with Gasteiger partial charge in [-0.2, -0.15) is 0 Å². The molecule has 11 nitrogen and oxygen atoms in total. The lowest BCUT2D eigenvalue weighted by molar-refractivity contribution is -0.0440. The molecular weight excluding hydrogens is 512 g/mol. The van der Waals surface area contributed by atoms with E-state index < -0.39 is 5.97 Å². The summed E-state index contributed by atoms with van der Waals surface area (Å²) in [6.07, 6.45) is 2.50. The zero-order valence-corrected chi connectivity index (χ0v) is 22.0. The van der Waals surface area contributed by atoms with Gasteiger partial charge in [-0.15, -0.1) is 0 Å². The third-order valence-corrected chi connectivity index (χ3v) is 6.38. The van der Waals surface area contributed by atoms with Crippen molar-refractivity contribution in [3.63, 3.8) is 0 Å². The molecular formula is C26H31ClN6O5. The lowest BCUT2D eigenvalue weighted by Crippen LogP contribution is -2.14. The van der Waals surface area contributed by atoms with Crippen LogP contribution in [0.25, 0.3) is 16.6 Å². The first-order chi connectivity index (χ1) is 18.3. The molecule has 0 aliphatic carbocycles. The molecule has 0 saturated carbocycles. The second-order valence-corrected chi connectivity index (χ2v) is 9.36. The average Bonchev–Trinajstić information content (AvgIpc) is 3.53. The predicted octanol–water partition coefficient (Wildman–Crippen LogP) is 3.87. The molecule has 12 heteroatoms. The van der Waals surface area contributed by atoms with Crippen molar-refractivity contribution in [2.75, 3.05) is 32.6 Å². The Hall–Kier alpha value is -3.67. The van der Waals surface area contributed by atoms with Gasteiger partial charge in [0.15, 0.2) is 6.29 Å². The summed E-state index contributed by atoms with van der Waals surface area (Å²) in [6.45, 7) is 4.36. The van der Waals surface area contributed by atoms with Crippen LogP contribution in [0.2, 0.25) is 5.15 Å². The molecule has 2 aromatic heterocycles. The fourth-order valence-corrected chi connectivity index (χ4v) is 4.55. The third kappa shape index (κ3) is 6.24. The van der Waals surface area contributed by atoms with E-state index in [1.165, 1.54) is 18.3 Å². The van der Waals surface area contributed by atoms with Crippen LogP contribution in [0.15, 0.2) is 41.5 Å². The number of aromatic carboxylic acids is 1. The van der Waals surface area contributed by atoms with E-state index in [1.54, 1.807) is 7.05 Å². The maximum absolute atomic E-state index is 11.4. The van der Waals surface area contributed by atoms with Crippen LogP contribution in [0.5, 0.6) is 0 Å². The first kappa shape index (κ1) is 27.4. The number of anilines is 1. The molecule has 1 fully saturated rings. The Bertz CT molecular complexity index is 1370. The van der Waals surface area contributed by atoms with Crippen LogP contribution in [0.1, 0.15) is 47.7 Å². The number of nitrogens with two attached hydrogens (primary N) is 2. The number of aromatic nitrogens is 3. The van der Waals surface area contributed by atoms with Gasteiger partial charge >= 0.3 is 5.97 Å². The molecule has 1 aliphatic heterocycles. The topological polar surface area (TPSA) is 160 Å². The highest BCUT2D eigenvalue weighted by molar-refractivity contribution is 6.30. The van der Waals surface area contributed by atoms with Crippen LogP contribution < -0.4 is 11.5 Å². The molecule has 202 valence electrons. The Morgan fingerprint density at radius 1 is 1.32 bits per heavy atom. The number of carboxylic acids is 1. The minimum Gasteiger partial charge on any atom is -0.478 e. The second-order valence-electron chi connectivity index (χ2n) is 8.98. The molecule has 0 spiro atoms. The fraction of sp³-hybridized carbons (Fsp3) is 0.385. The van der Waals surface area contributed by atoms with Gasteiger partial charge < -0.3 is 35.4 Å². The number of fused-ring (bicyclic) bond motifs is 1. The number of hydrogen-bond donors (Lipinski definition) is 3. The Kier molecular flexibility index (Phi) is 8.82. The van der Waals surface area contributed by atoms with Gasteiger partial charge in [0.05, 0.1) is 47.7 Å². The lowest BCUT2D eigenvalue weighted by atomic mass is 10.1. The molecule has 0 radical (unpaired) electrons. The number of ether oxygens (including phenoxy) is 3. The van der Waals surface area contributed by atoms with Crippen molar-refractivity contribution in [2.45, 2.75) is 32.6 Å². The summed E-state index contributed by atoms with van der Waals surface area (Å²) < 4.78 is 19.2. The molecule has 4 rings (SSSR count). The molecule has 38 heavy (non-hydrogen) atoms. The van der Waals surface area contributed by atoms with Gasteiger partial charge in [0.1, 0.15) is 5.15 Å². The highest BCUT2D eigenvalue weighted by Gasteiger charge is 2.21. The van der Waals surface area contributed by atoms with Gasteiger partial charge in [-0.1, -0.05) is 24.6 Å². The largest absolute Gasteiger partial charge is 0.478 e.